The molecule has 2 N–H and O–H groups in total. The number of hydrogen-bond donors (Lipinski definition) is 2. The molecular weight excluding hydrogens is 256 g/mol. The minimum atomic E-state index is -0.839. The van der Waals surface area contributed by atoms with Crippen molar-refractivity contribution < 1.29 is 14.6 Å². The van der Waals surface area contributed by atoms with E-state index in [0.29, 0.717) is 11.7 Å². The van der Waals surface area contributed by atoms with Gasteiger partial charge >= 0.3 is 5.97 Å². The van der Waals surface area contributed by atoms with Crippen molar-refractivity contribution in [2.24, 2.45) is 0 Å². The van der Waals surface area contributed by atoms with Crippen LogP contribution in [0.2, 0.25) is 0 Å². The van der Waals surface area contributed by atoms with Crippen molar-refractivity contribution in [3.8, 4) is 5.75 Å². The zero-order chi connectivity index (χ0) is 14.1. The highest BCUT2D eigenvalue weighted by Gasteiger charge is 2.22. The van der Waals surface area contributed by atoms with Gasteiger partial charge in [-0.05, 0) is 24.5 Å². The number of aromatic nitrogens is 2. The van der Waals surface area contributed by atoms with E-state index in [2.05, 4.69) is 9.97 Å². The van der Waals surface area contributed by atoms with Crippen molar-refractivity contribution in [1.29, 1.82) is 0 Å². The summed E-state index contributed by atoms with van der Waals surface area (Å²) in [4.78, 5) is 19.0. The smallest absolute Gasteiger partial charge is 0.307 e. The monoisotopic (exact) mass is 274 g/mol. The van der Waals surface area contributed by atoms with Gasteiger partial charge in [0.2, 0.25) is 0 Å². The van der Waals surface area contributed by atoms with Gasteiger partial charge in [0.15, 0.2) is 0 Å². The minimum absolute atomic E-state index is 0.00715. The molecule has 2 aromatic rings. The molecule has 5 heteroatoms. The third-order valence-corrected chi connectivity index (χ3v) is 4.02. The molecule has 20 heavy (non-hydrogen) atoms. The molecule has 0 saturated heterocycles. The Morgan fingerprint density at radius 1 is 1.45 bits per heavy atom. The Labute approximate surface area is 117 Å². The Morgan fingerprint density at radius 2 is 2.20 bits per heavy atom. The zero-order valence-corrected chi connectivity index (χ0v) is 11.5. The predicted octanol–water partition coefficient (Wildman–Crippen LogP) is 2.86. The van der Waals surface area contributed by atoms with E-state index in [1.807, 2.05) is 0 Å². The topological polar surface area (TPSA) is 75.2 Å². The number of carboxylic acids is 1. The van der Waals surface area contributed by atoms with Gasteiger partial charge in [-0.1, -0.05) is 18.9 Å². The number of hydrogen-bond acceptors (Lipinski definition) is 3. The largest absolute Gasteiger partial charge is 0.494 e. The van der Waals surface area contributed by atoms with Gasteiger partial charge in [0, 0.05) is 5.92 Å². The number of aromatic amines is 1. The van der Waals surface area contributed by atoms with Crippen LogP contribution in [0.15, 0.2) is 12.1 Å². The van der Waals surface area contributed by atoms with Gasteiger partial charge in [-0.2, -0.15) is 0 Å². The highest BCUT2D eigenvalue weighted by Crippen LogP contribution is 2.35. The fourth-order valence-corrected chi connectivity index (χ4v) is 3.01. The molecule has 1 saturated carbocycles. The Kier molecular flexibility index (Phi) is 3.34. The van der Waals surface area contributed by atoms with Crippen LogP contribution >= 0.6 is 0 Å². The van der Waals surface area contributed by atoms with Gasteiger partial charge in [-0.3, -0.25) is 4.79 Å². The Morgan fingerprint density at radius 3 is 2.85 bits per heavy atom. The Balaban J connectivity index is 2.10. The summed E-state index contributed by atoms with van der Waals surface area (Å²) < 4.78 is 5.33. The second kappa shape index (κ2) is 5.15. The van der Waals surface area contributed by atoms with Crippen LogP contribution in [0, 0.1) is 0 Å². The van der Waals surface area contributed by atoms with E-state index < -0.39 is 5.97 Å². The summed E-state index contributed by atoms with van der Waals surface area (Å²) in [5.41, 5.74) is 2.30. The molecule has 0 unspecified atom stereocenters. The zero-order valence-electron chi connectivity index (χ0n) is 11.5. The van der Waals surface area contributed by atoms with Gasteiger partial charge < -0.3 is 14.8 Å². The van der Waals surface area contributed by atoms with Gasteiger partial charge in [-0.15, -0.1) is 0 Å². The first-order chi connectivity index (χ1) is 9.69. The van der Waals surface area contributed by atoms with Crippen LogP contribution < -0.4 is 4.74 Å². The normalized spacial score (nSPS) is 15.8. The van der Waals surface area contributed by atoms with Crippen LogP contribution in [0.3, 0.4) is 0 Å². The van der Waals surface area contributed by atoms with Crippen LogP contribution in [0.25, 0.3) is 11.0 Å². The van der Waals surface area contributed by atoms with Gasteiger partial charge in [-0.25, -0.2) is 4.98 Å². The lowest BCUT2D eigenvalue weighted by Gasteiger charge is -2.03. The number of carboxylic acid groups (broad SMARTS) is 1. The summed E-state index contributed by atoms with van der Waals surface area (Å²) in [7, 11) is 1.61. The molecule has 106 valence electrons. The molecule has 5 nitrogen and oxygen atoms in total. The van der Waals surface area contributed by atoms with Crippen molar-refractivity contribution >= 4 is 17.0 Å². The maximum absolute atomic E-state index is 11.0. The van der Waals surface area contributed by atoms with E-state index in [1.165, 1.54) is 12.8 Å². The average molecular weight is 274 g/mol. The highest BCUT2D eigenvalue weighted by molar-refractivity contribution is 5.88. The molecule has 0 amide bonds. The van der Waals surface area contributed by atoms with Crippen molar-refractivity contribution in [3.05, 3.63) is 23.5 Å². The third-order valence-electron chi connectivity index (χ3n) is 4.02. The standard InChI is InChI=1S/C15H18N2O3/c1-20-11-7-6-10(8-12(18)19)13-14(11)17-15(16-13)9-4-2-3-5-9/h6-7,9H,2-5,8H2,1H3,(H,16,17)(H,18,19). The first-order valence-corrected chi connectivity index (χ1v) is 6.96. The number of carbonyl (C=O) groups is 1. The van der Waals surface area contributed by atoms with E-state index >= 15 is 0 Å². The predicted molar refractivity (Wildman–Crippen MR) is 75.2 cm³/mol. The SMILES string of the molecule is COc1ccc(CC(=O)O)c2[nH]c(C3CCCC3)nc12. The lowest BCUT2D eigenvalue weighted by atomic mass is 10.1. The molecule has 1 heterocycles. The lowest BCUT2D eigenvalue weighted by Crippen LogP contribution is -2.01. The highest BCUT2D eigenvalue weighted by atomic mass is 16.5. The van der Waals surface area contributed by atoms with Crippen molar-refractivity contribution in [2.45, 2.75) is 38.0 Å². The molecule has 1 aromatic heterocycles. The number of H-pyrrole nitrogens is 1. The summed E-state index contributed by atoms with van der Waals surface area (Å²) in [6.07, 6.45) is 4.77. The molecule has 0 aliphatic heterocycles. The van der Waals surface area contributed by atoms with E-state index in [9.17, 15) is 4.79 Å². The van der Waals surface area contributed by atoms with Crippen molar-refractivity contribution in [1.82, 2.24) is 9.97 Å². The molecule has 0 atom stereocenters. The summed E-state index contributed by atoms with van der Waals surface area (Å²) >= 11 is 0. The number of nitrogens with one attached hydrogen (secondary N) is 1. The second-order valence-electron chi connectivity index (χ2n) is 5.32. The lowest BCUT2D eigenvalue weighted by molar-refractivity contribution is -0.136. The number of ether oxygens (including phenoxy) is 1. The van der Waals surface area contributed by atoms with Gasteiger partial charge in [0.05, 0.1) is 19.0 Å². The fourth-order valence-electron chi connectivity index (χ4n) is 3.01. The Hall–Kier alpha value is -2.04. The van der Waals surface area contributed by atoms with Crippen molar-refractivity contribution in [3.63, 3.8) is 0 Å². The quantitative estimate of drug-likeness (QED) is 0.899. The number of imidazole rings is 1. The fraction of sp³-hybridized carbons (Fsp3) is 0.467. The summed E-state index contributed by atoms with van der Waals surface area (Å²) in [6, 6.07) is 3.59. The summed E-state index contributed by atoms with van der Waals surface area (Å²) in [5, 5.41) is 9.01. The van der Waals surface area contributed by atoms with Crippen LogP contribution in [0.5, 0.6) is 5.75 Å². The number of methoxy groups -OCH3 is 1. The molecule has 1 aliphatic carbocycles. The second-order valence-corrected chi connectivity index (χ2v) is 5.32. The molecular formula is C15H18N2O3. The van der Waals surface area contributed by atoms with Gasteiger partial charge in [0.1, 0.15) is 17.1 Å². The Bertz CT molecular complexity index is 642. The van der Waals surface area contributed by atoms with Crippen LogP contribution in [0.4, 0.5) is 0 Å². The van der Waals surface area contributed by atoms with E-state index in [0.717, 1.165) is 35.3 Å². The van der Waals surface area contributed by atoms with E-state index in [-0.39, 0.29) is 6.42 Å². The molecule has 0 radical (unpaired) electrons. The van der Waals surface area contributed by atoms with Crippen molar-refractivity contribution in [2.75, 3.05) is 7.11 Å². The first kappa shape index (κ1) is 13.0. The molecule has 3 rings (SSSR count). The average Bonchev–Trinajstić information content (AvgIpc) is 3.07. The molecule has 0 bridgehead atoms. The maximum atomic E-state index is 11.0. The molecule has 1 aliphatic rings. The number of aliphatic carboxylic acids is 1. The first-order valence-electron chi connectivity index (χ1n) is 6.96. The number of fused-ring (bicyclic) bond motifs is 1. The number of benzene rings is 1. The summed E-state index contributed by atoms with van der Waals surface area (Å²) in [6.45, 7) is 0. The van der Waals surface area contributed by atoms with Gasteiger partial charge in [0.25, 0.3) is 0 Å². The molecule has 1 aromatic carbocycles. The van der Waals surface area contributed by atoms with Crippen LogP contribution in [0.1, 0.15) is 43.0 Å². The van der Waals surface area contributed by atoms with E-state index in [4.69, 9.17) is 9.84 Å². The third kappa shape index (κ3) is 2.24. The molecule has 1 fully saturated rings. The maximum Gasteiger partial charge on any atom is 0.307 e. The van der Waals surface area contributed by atoms with Crippen LogP contribution in [-0.4, -0.2) is 28.2 Å². The van der Waals surface area contributed by atoms with E-state index in [1.54, 1.807) is 19.2 Å². The van der Waals surface area contributed by atoms with Crippen LogP contribution in [-0.2, 0) is 11.2 Å². The summed E-state index contributed by atoms with van der Waals surface area (Å²) in [5.74, 6) is 1.28. The number of nitrogens with zero attached hydrogens (tertiary/aromatic N) is 1. The molecule has 0 spiro atoms. The minimum Gasteiger partial charge on any atom is -0.494 e. The number of rotatable bonds is 4.